The van der Waals surface area contributed by atoms with Crippen molar-refractivity contribution in [1.82, 2.24) is 19.9 Å². The Morgan fingerprint density at radius 1 is 1.09 bits per heavy atom. The van der Waals surface area contributed by atoms with Gasteiger partial charge in [-0.05, 0) is 68.1 Å². The van der Waals surface area contributed by atoms with E-state index < -0.39 is 0 Å². The zero-order valence-electron chi connectivity index (χ0n) is 19.3. The van der Waals surface area contributed by atoms with Crippen molar-refractivity contribution in [3.63, 3.8) is 0 Å². The first-order valence-corrected chi connectivity index (χ1v) is 11.2. The Morgan fingerprint density at radius 3 is 2.73 bits per heavy atom. The number of nitriles is 1. The second-order valence-electron chi connectivity index (χ2n) is 7.91. The van der Waals surface area contributed by atoms with E-state index in [1.165, 1.54) is 0 Å². The Kier molecular flexibility index (Phi) is 6.82. The van der Waals surface area contributed by atoms with Gasteiger partial charge in [-0.25, -0.2) is 0 Å². The highest BCUT2D eigenvalue weighted by atomic mass is 15.1. The van der Waals surface area contributed by atoms with E-state index in [1.807, 2.05) is 42.6 Å². The normalized spacial score (nSPS) is 11.4. The lowest BCUT2D eigenvalue weighted by Crippen LogP contribution is -2.22. The molecule has 33 heavy (non-hydrogen) atoms. The fraction of sp³-hybridized carbons (Fsp3) is 0.222. The number of aromatic nitrogens is 3. The number of hydrogen-bond acceptors (Lipinski definition) is 5. The summed E-state index contributed by atoms with van der Waals surface area (Å²) < 4.78 is 0. The van der Waals surface area contributed by atoms with E-state index in [0.29, 0.717) is 5.56 Å². The maximum atomic E-state index is 9.71. The molecule has 0 spiro atoms. The van der Waals surface area contributed by atoms with Gasteiger partial charge in [-0.2, -0.15) is 5.26 Å². The molecule has 4 aromatic rings. The maximum Gasteiger partial charge on any atom is 0.103 e. The molecule has 0 radical (unpaired) electrons. The number of hydrogen-bond donors (Lipinski definition) is 2. The molecular formula is C27H28N6. The molecule has 0 amide bonds. The van der Waals surface area contributed by atoms with Gasteiger partial charge in [0.25, 0.3) is 0 Å². The van der Waals surface area contributed by atoms with Gasteiger partial charge in [0.1, 0.15) is 6.07 Å². The van der Waals surface area contributed by atoms with Crippen molar-refractivity contribution >= 4 is 34.4 Å². The Hall–Kier alpha value is -3.95. The van der Waals surface area contributed by atoms with Crippen LogP contribution in [-0.2, 0) is 6.54 Å². The van der Waals surface area contributed by atoms with Crippen LogP contribution in [0.3, 0.4) is 0 Å². The quantitative estimate of drug-likeness (QED) is 0.360. The summed E-state index contributed by atoms with van der Waals surface area (Å²) in [7, 11) is 0. The first kappa shape index (κ1) is 22.3. The maximum absolute atomic E-state index is 9.71. The van der Waals surface area contributed by atoms with Crippen LogP contribution in [0, 0.1) is 18.3 Å². The van der Waals surface area contributed by atoms with Crippen LogP contribution in [0.2, 0.25) is 0 Å². The summed E-state index contributed by atoms with van der Waals surface area (Å²) in [5.41, 5.74) is 7.14. The highest BCUT2D eigenvalue weighted by molar-refractivity contribution is 5.90. The summed E-state index contributed by atoms with van der Waals surface area (Å²) in [6, 6.07) is 14.5. The smallest absolute Gasteiger partial charge is 0.103 e. The van der Waals surface area contributed by atoms with E-state index in [2.05, 4.69) is 59.2 Å². The molecule has 3 heterocycles. The minimum atomic E-state index is 0.494. The largest absolute Gasteiger partial charge is 0.361 e. The van der Waals surface area contributed by atoms with Gasteiger partial charge >= 0.3 is 0 Å². The topological polar surface area (TPSA) is 80.6 Å². The van der Waals surface area contributed by atoms with Crippen molar-refractivity contribution in [3.05, 3.63) is 83.1 Å². The Morgan fingerprint density at radius 2 is 1.94 bits per heavy atom. The number of pyridine rings is 2. The molecule has 3 aromatic heterocycles. The van der Waals surface area contributed by atoms with E-state index >= 15 is 0 Å². The molecular weight excluding hydrogens is 408 g/mol. The van der Waals surface area contributed by atoms with Crippen molar-refractivity contribution < 1.29 is 0 Å². The minimum absolute atomic E-state index is 0.494. The molecule has 0 aliphatic heterocycles. The number of nitrogens with zero attached hydrogens (tertiary/aromatic N) is 4. The Labute approximate surface area is 194 Å². The van der Waals surface area contributed by atoms with E-state index in [1.54, 1.807) is 12.4 Å². The van der Waals surface area contributed by atoms with E-state index in [-0.39, 0.29) is 0 Å². The molecule has 0 unspecified atom stereocenters. The standard InChI is InChI=1S/C27H28N6/c1-4-33(5-2)18-23-8-6-7-22(31-23)10-9-20-16-29-17-21(15-28)27(20)32-25-11-12-26-24(19(25)3)13-14-30-26/h6-14,16-17,30H,4-5,18H2,1-3H3,(H,29,32)/b10-9+. The average molecular weight is 437 g/mol. The average Bonchev–Trinajstić information content (AvgIpc) is 3.33. The van der Waals surface area contributed by atoms with Crippen molar-refractivity contribution in [2.24, 2.45) is 0 Å². The SMILES string of the molecule is CCN(CC)Cc1cccc(/C=C/c2cncc(C#N)c2Nc2ccc3[nH]ccc3c2C)n1. The number of H-pyrrole nitrogens is 1. The number of aromatic amines is 1. The number of anilines is 2. The Bertz CT molecular complexity index is 1320. The van der Waals surface area contributed by atoms with Crippen molar-refractivity contribution in [2.45, 2.75) is 27.3 Å². The van der Waals surface area contributed by atoms with Crippen LogP contribution in [0.4, 0.5) is 11.4 Å². The number of rotatable bonds is 8. The summed E-state index contributed by atoms with van der Waals surface area (Å²) >= 11 is 0. The lowest BCUT2D eigenvalue weighted by molar-refractivity contribution is 0.292. The van der Waals surface area contributed by atoms with E-state index in [4.69, 9.17) is 4.98 Å². The highest BCUT2D eigenvalue weighted by Crippen LogP contribution is 2.31. The van der Waals surface area contributed by atoms with Crippen LogP contribution in [0.25, 0.3) is 23.1 Å². The third-order valence-electron chi connectivity index (χ3n) is 5.90. The van der Waals surface area contributed by atoms with Crippen molar-refractivity contribution in [1.29, 1.82) is 5.26 Å². The van der Waals surface area contributed by atoms with E-state index in [9.17, 15) is 5.26 Å². The number of aryl methyl sites for hydroxylation is 1. The summed E-state index contributed by atoms with van der Waals surface area (Å²) in [5, 5.41) is 14.3. The van der Waals surface area contributed by atoms with Crippen molar-refractivity contribution in [2.75, 3.05) is 18.4 Å². The molecule has 1 aromatic carbocycles. The molecule has 6 heteroatoms. The van der Waals surface area contributed by atoms with Gasteiger partial charge in [-0.15, -0.1) is 0 Å². The summed E-state index contributed by atoms with van der Waals surface area (Å²) in [6.07, 6.45) is 9.22. The summed E-state index contributed by atoms with van der Waals surface area (Å²) in [6.45, 7) is 9.21. The second-order valence-corrected chi connectivity index (χ2v) is 7.91. The molecule has 0 fully saturated rings. The number of fused-ring (bicyclic) bond motifs is 1. The molecule has 0 aliphatic carbocycles. The zero-order valence-corrected chi connectivity index (χ0v) is 19.3. The third kappa shape index (κ3) is 4.94. The first-order chi connectivity index (χ1) is 16.1. The molecule has 0 saturated carbocycles. The molecule has 0 atom stereocenters. The van der Waals surface area contributed by atoms with Gasteiger partial charge in [0, 0.05) is 47.3 Å². The van der Waals surface area contributed by atoms with Crippen LogP contribution < -0.4 is 5.32 Å². The third-order valence-corrected chi connectivity index (χ3v) is 5.90. The zero-order chi connectivity index (χ0) is 23.2. The first-order valence-electron chi connectivity index (χ1n) is 11.2. The van der Waals surface area contributed by atoms with Crippen LogP contribution >= 0.6 is 0 Å². The minimum Gasteiger partial charge on any atom is -0.361 e. The van der Waals surface area contributed by atoms with Crippen LogP contribution in [-0.4, -0.2) is 32.9 Å². The van der Waals surface area contributed by atoms with Crippen LogP contribution in [0.5, 0.6) is 0 Å². The van der Waals surface area contributed by atoms with Gasteiger partial charge in [0.2, 0.25) is 0 Å². The predicted octanol–water partition coefficient (Wildman–Crippen LogP) is 5.89. The Balaban J connectivity index is 1.65. The fourth-order valence-electron chi connectivity index (χ4n) is 3.91. The van der Waals surface area contributed by atoms with Crippen molar-refractivity contribution in [3.8, 4) is 6.07 Å². The molecule has 4 rings (SSSR count). The highest BCUT2D eigenvalue weighted by Gasteiger charge is 2.11. The molecule has 6 nitrogen and oxygen atoms in total. The lowest BCUT2D eigenvalue weighted by Gasteiger charge is -2.17. The van der Waals surface area contributed by atoms with Gasteiger partial charge in [0.05, 0.1) is 22.6 Å². The molecule has 2 N–H and O–H groups in total. The lowest BCUT2D eigenvalue weighted by atomic mass is 10.1. The van der Waals surface area contributed by atoms with E-state index in [0.717, 1.165) is 64.4 Å². The summed E-state index contributed by atoms with van der Waals surface area (Å²) in [4.78, 5) is 14.6. The predicted molar refractivity (Wildman–Crippen MR) is 135 cm³/mol. The molecule has 0 aliphatic rings. The molecule has 0 saturated heterocycles. The van der Waals surface area contributed by atoms with Gasteiger partial charge in [-0.1, -0.05) is 19.9 Å². The van der Waals surface area contributed by atoms with Gasteiger partial charge in [-0.3, -0.25) is 14.9 Å². The monoisotopic (exact) mass is 436 g/mol. The van der Waals surface area contributed by atoms with Gasteiger partial charge in [0.15, 0.2) is 0 Å². The second kappa shape index (κ2) is 10.1. The van der Waals surface area contributed by atoms with Crippen LogP contribution in [0.15, 0.2) is 55.0 Å². The molecule has 166 valence electrons. The molecule has 0 bridgehead atoms. The van der Waals surface area contributed by atoms with Gasteiger partial charge < -0.3 is 10.3 Å². The fourth-order valence-corrected chi connectivity index (χ4v) is 3.91. The number of nitrogens with one attached hydrogen (secondary N) is 2. The number of benzene rings is 1. The van der Waals surface area contributed by atoms with Crippen LogP contribution in [0.1, 0.15) is 41.9 Å². The summed E-state index contributed by atoms with van der Waals surface area (Å²) in [5.74, 6) is 0.